The van der Waals surface area contributed by atoms with E-state index < -0.39 is 0 Å². The molecule has 0 radical (unpaired) electrons. The van der Waals surface area contributed by atoms with Crippen molar-refractivity contribution in [3.05, 3.63) is 16.4 Å². The summed E-state index contributed by atoms with van der Waals surface area (Å²) in [4.78, 5) is 2.30. The van der Waals surface area contributed by atoms with Crippen molar-refractivity contribution >= 4 is 11.6 Å². The predicted octanol–water partition coefficient (Wildman–Crippen LogP) is 1.54. The van der Waals surface area contributed by atoms with Gasteiger partial charge >= 0.3 is 0 Å². The summed E-state index contributed by atoms with van der Waals surface area (Å²) in [5.41, 5.74) is 2.06. The van der Waals surface area contributed by atoms with Crippen molar-refractivity contribution in [1.29, 1.82) is 0 Å². The quantitative estimate of drug-likeness (QED) is 0.865. The maximum atomic E-state index is 6.39. The second-order valence-corrected chi connectivity index (χ2v) is 5.64. The molecule has 5 nitrogen and oxygen atoms in total. The molecular weight excluding hydrogens is 276 g/mol. The van der Waals surface area contributed by atoms with E-state index in [9.17, 15) is 0 Å². The second kappa shape index (κ2) is 7.41. The number of halogens is 1. The number of rotatable bonds is 6. The Morgan fingerprint density at radius 1 is 1.45 bits per heavy atom. The van der Waals surface area contributed by atoms with Crippen molar-refractivity contribution in [2.45, 2.75) is 39.5 Å². The molecule has 1 saturated heterocycles. The molecule has 1 unspecified atom stereocenters. The summed E-state index contributed by atoms with van der Waals surface area (Å²) in [7, 11) is 2.13. The van der Waals surface area contributed by atoms with Gasteiger partial charge in [-0.1, -0.05) is 18.5 Å². The number of hydrogen-bond acceptors (Lipinski definition) is 4. The minimum Gasteiger partial charge on any atom is -0.374 e. The molecule has 0 spiro atoms. The molecule has 1 aliphatic rings. The van der Waals surface area contributed by atoms with Crippen LogP contribution in [0.25, 0.3) is 0 Å². The Hall–Kier alpha value is -0.620. The van der Waals surface area contributed by atoms with Crippen molar-refractivity contribution in [3.63, 3.8) is 0 Å². The molecule has 0 amide bonds. The normalized spacial score (nSPS) is 20.5. The highest BCUT2D eigenvalue weighted by Crippen LogP contribution is 2.21. The van der Waals surface area contributed by atoms with Gasteiger partial charge < -0.3 is 15.0 Å². The van der Waals surface area contributed by atoms with Gasteiger partial charge in [0.05, 0.1) is 29.1 Å². The molecule has 1 aromatic rings. The zero-order chi connectivity index (χ0) is 14.5. The van der Waals surface area contributed by atoms with Crippen molar-refractivity contribution in [3.8, 4) is 0 Å². The van der Waals surface area contributed by atoms with Crippen molar-refractivity contribution in [1.82, 2.24) is 20.0 Å². The summed E-state index contributed by atoms with van der Waals surface area (Å²) in [5.74, 6) is 0. The summed E-state index contributed by atoms with van der Waals surface area (Å²) >= 11 is 6.39. The highest BCUT2D eigenvalue weighted by atomic mass is 35.5. The van der Waals surface area contributed by atoms with Gasteiger partial charge in [-0.15, -0.1) is 0 Å². The SMILES string of the molecule is CCc1nn(CC)c(CNCC2CN(C)CCO2)c1Cl. The van der Waals surface area contributed by atoms with Gasteiger partial charge in [0.25, 0.3) is 0 Å². The maximum Gasteiger partial charge on any atom is 0.0863 e. The monoisotopic (exact) mass is 300 g/mol. The molecule has 1 aromatic heterocycles. The van der Waals surface area contributed by atoms with Crippen LogP contribution in [0.15, 0.2) is 0 Å². The molecule has 1 N–H and O–H groups in total. The van der Waals surface area contributed by atoms with Crippen LogP contribution in [0.1, 0.15) is 25.2 Å². The lowest BCUT2D eigenvalue weighted by molar-refractivity contribution is -0.0182. The Morgan fingerprint density at radius 3 is 2.90 bits per heavy atom. The van der Waals surface area contributed by atoms with E-state index in [1.165, 1.54) is 0 Å². The van der Waals surface area contributed by atoms with E-state index >= 15 is 0 Å². The molecule has 2 heterocycles. The van der Waals surface area contributed by atoms with Crippen LogP contribution in [0.5, 0.6) is 0 Å². The van der Waals surface area contributed by atoms with Gasteiger partial charge in [0, 0.05) is 32.7 Å². The first-order valence-electron chi connectivity index (χ1n) is 7.40. The summed E-state index contributed by atoms with van der Waals surface area (Å²) in [6, 6.07) is 0. The lowest BCUT2D eigenvalue weighted by atomic mass is 10.2. The first-order chi connectivity index (χ1) is 9.65. The molecule has 0 saturated carbocycles. The van der Waals surface area contributed by atoms with E-state index in [0.717, 1.165) is 62.2 Å². The Labute approximate surface area is 126 Å². The zero-order valence-electron chi connectivity index (χ0n) is 12.7. The van der Waals surface area contributed by atoms with E-state index in [0.29, 0.717) is 0 Å². The lowest BCUT2D eigenvalue weighted by Crippen LogP contribution is -2.44. The molecule has 0 aromatic carbocycles. The average Bonchev–Trinajstić information content (AvgIpc) is 2.75. The van der Waals surface area contributed by atoms with Crippen LogP contribution in [-0.2, 0) is 24.2 Å². The van der Waals surface area contributed by atoms with Gasteiger partial charge in [0.1, 0.15) is 0 Å². The molecule has 0 bridgehead atoms. The minimum absolute atomic E-state index is 0.260. The van der Waals surface area contributed by atoms with Crippen LogP contribution in [0.2, 0.25) is 5.02 Å². The van der Waals surface area contributed by atoms with Gasteiger partial charge in [-0.25, -0.2) is 0 Å². The molecule has 6 heteroatoms. The highest BCUT2D eigenvalue weighted by molar-refractivity contribution is 6.31. The van der Waals surface area contributed by atoms with Crippen LogP contribution in [0, 0.1) is 0 Å². The molecule has 114 valence electrons. The van der Waals surface area contributed by atoms with Gasteiger partial charge in [-0.05, 0) is 20.4 Å². The summed E-state index contributed by atoms with van der Waals surface area (Å²) in [6.45, 7) is 9.41. The fraction of sp³-hybridized carbons (Fsp3) is 0.786. The minimum atomic E-state index is 0.260. The number of nitrogens with one attached hydrogen (secondary N) is 1. The fourth-order valence-electron chi connectivity index (χ4n) is 2.53. The number of morpholine rings is 1. The average molecular weight is 301 g/mol. The third-order valence-electron chi connectivity index (χ3n) is 3.70. The molecule has 1 atom stereocenters. The Kier molecular flexibility index (Phi) is 5.84. The highest BCUT2D eigenvalue weighted by Gasteiger charge is 2.18. The summed E-state index contributed by atoms with van der Waals surface area (Å²) in [5, 5.41) is 8.79. The van der Waals surface area contributed by atoms with Crippen molar-refractivity contribution in [2.75, 3.05) is 33.3 Å². The number of likely N-dealkylation sites (N-methyl/N-ethyl adjacent to an activating group) is 1. The van der Waals surface area contributed by atoms with E-state index in [2.05, 4.69) is 36.2 Å². The first-order valence-corrected chi connectivity index (χ1v) is 7.78. The molecule has 2 rings (SSSR count). The second-order valence-electron chi connectivity index (χ2n) is 5.26. The van der Waals surface area contributed by atoms with Crippen LogP contribution in [-0.4, -0.2) is 54.1 Å². The largest absolute Gasteiger partial charge is 0.374 e. The van der Waals surface area contributed by atoms with Crippen LogP contribution < -0.4 is 5.32 Å². The van der Waals surface area contributed by atoms with Crippen molar-refractivity contribution in [2.24, 2.45) is 0 Å². The molecule has 1 fully saturated rings. The van der Waals surface area contributed by atoms with Gasteiger partial charge in [-0.3, -0.25) is 4.68 Å². The number of nitrogens with zero attached hydrogens (tertiary/aromatic N) is 3. The molecule has 1 aliphatic heterocycles. The number of ether oxygens (including phenoxy) is 1. The van der Waals surface area contributed by atoms with Gasteiger partial charge in [-0.2, -0.15) is 5.10 Å². The zero-order valence-corrected chi connectivity index (χ0v) is 13.4. The van der Waals surface area contributed by atoms with Crippen molar-refractivity contribution < 1.29 is 4.74 Å². The summed E-state index contributed by atoms with van der Waals surface area (Å²) < 4.78 is 7.73. The third-order valence-corrected chi connectivity index (χ3v) is 4.14. The molecule has 0 aliphatic carbocycles. The topological polar surface area (TPSA) is 42.3 Å². The Morgan fingerprint density at radius 2 is 2.25 bits per heavy atom. The third kappa shape index (κ3) is 3.73. The fourth-order valence-corrected chi connectivity index (χ4v) is 2.86. The van der Waals surface area contributed by atoms with E-state index in [4.69, 9.17) is 16.3 Å². The molecule has 20 heavy (non-hydrogen) atoms. The van der Waals surface area contributed by atoms with E-state index in [-0.39, 0.29) is 6.10 Å². The summed E-state index contributed by atoms with van der Waals surface area (Å²) in [6.07, 6.45) is 1.13. The number of hydrogen-bond donors (Lipinski definition) is 1. The first kappa shape index (κ1) is 15.8. The smallest absolute Gasteiger partial charge is 0.0863 e. The lowest BCUT2D eigenvalue weighted by Gasteiger charge is -2.30. The Bertz CT molecular complexity index is 435. The van der Waals surface area contributed by atoms with E-state index in [1.54, 1.807) is 0 Å². The Balaban J connectivity index is 1.88. The molecular formula is C14H25ClN4O. The number of aromatic nitrogens is 2. The van der Waals surface area contributed by atoms with Gasteiger partial charge in [0.15, 0.2) is 0 Å². The van der Waals surface area contributed by atoms with Gasteiger partial charge in [0.2, 0.25) is 0 Å². The standard InChI is InChI=1S/C14H25ClN4O/c1-4-12-14(15)13(19(5-2)17-12)9-16-8-11-10-18(3)6-7-20-11/h11,16H,4-10H2,1-3H3. The van der Waals surface area contributed by atoms with Crippen LogP contribution in [0.4, 0.5) is 0 Å². The number of aryl methyl sites for hydroxylation is 2. The van der Waals surface area contributed by atoms with Crippen LogP contribution in [0.3, 0.4) is 0 Å². The predicted molar refractivity (Wildman–Crippen MR) is 81.2 cm³/mol. The van der Waals surface area contributed by atoms with E-state index in [1.807, 2.05) is 4.68 Å². The van der Waals surface area contributed by atoms with Crippen LogP contribution >= 0.6 is 11.6 Å². The maximum absolute atomic E-state index is 6.39.